The Morgan fingerprint density at radius 1 is 1.08 bits per heavy atom. The van der Waals surface area contributed by atoms with Crippen LogP contribution < -0.4 is 5.32 Å². The number of nitrogens with zero attached hydrogens (tertiary/aromatic N) is 2. The van der Waals surface area contributed by atoms with Gasteiger partial charge in [0.15, 0.2) is 5.82 Å². The molecule has 0 aliphatic heterocycles. The summed E-state index contributed by atoms with van der Waals surface area (Å²) in [5.74, 6) is 0.920. The molecule has 4 nitrogen and oxygen atoms in total. The van der Waals surface area contributed by atoms with E-state index >= 15 is 0 Å². The Balaban J connectivity index is 1.34. The van der Waals surface area contributed by atoms with Gasteiger partial charge in [-0.15, -0.1) is 11.8 Å². The summed E-state index contributed by atoms with van der Waals surface area (Å²) >= 11 is 1.57. The number of benzene rings is 2. The van der Waals surface area contributed by atoms with Crippen LogP contribution in [0.5, 0.6) is 0 Å². The third-order valence-electron chi connectivity index (χ3n) is 4.32. The van der Waals surface area contributed by atoms with Crippen molar-refractivity contribution in [1.29, 1.82) is 0 Å². The van der Waals surface area contributed by atoms with Crippen molar-refractivity contribution < 1.29 is 4.79 Å². The molecule has 0 saturated carbocycles. The van der Waals surface area contributed by atoms with Crippen molar-refractivity contribution >= 4 is 23.5 Å². The summed E-state index contributed by atoms with van der Waals surface area (Å²) in [4.78, 5) is 13.3. The minimum atomic E-state index is -0.0381. The van der Waals surface area contributed by atoms with E-state index in [4.69, 9.17) is 0 Å². The zero-order chi connectivity index (χ0) is 17.1. The first-order chi connectivity index (χ1) is 12.3. The lowest BCUT2D eigenvalue weighted by atomic mass is 10.1. The van der Waals surface area contributed by atoms with Crippen LogP contribution in [-0.4, -0.2) is 21.4 Å². The number of aryl methyl sites for hydroxylation is 2. The molecule has 25 heavy (non-hydrogen) atoms. The fourth-order valence-electron chi connectivity index (χ4n) is 3.08. The molecule has 2 aromatic carbocycles. The standard InChI is InChI=1S/C20H19N3OS/c24-20(14-25-18-10-9-15-5-4-6-16(15)13-18)21-19-11-12-23(22-19)17-7-2-1-3-8-17/h1-3,7-13H,4-6,14H2,(H,21,22,24). The largest absolute Gasteiger partial charge is 0.308 e. The normalized spacial score (nSPS) is 12.8. The van der Waals surface area contributed by atoms with Crippen LogP contribution in [0.15, 0.2) is 65.7 Å². The van der Waals surface area contributed by atoms with Crippen LogP contribution in [0, 0.1) is 0 Å². The predicted octanol–water partition coefficient (Wildman–Crippen LogP) is 4.09. The molecule has 1 amide bonds. The summed E-state index contributed by atoms with van der Waals surface area (Å²) in [6.45, 7) is 0. The van der Waals surface area contributed by atoms with Crippen molar-refractivity contribution in [3.8, 4) is 5.69 Å². The number of thioether (sulfide) groups is 1. The van der Waals surface area contributed by atoms with Gasteiger partial charge in [-0.25, -0.2) is 4.68 Å². The van der Waals surface area contributed by atoms with Gasteiger partial charge in [0.05, 0.1) is 11.4 Å². The van der Waals surface area contributed by atoms with Crippen molar-refractivity contribution in [2.45, 2.75) is 24.2 Å². The molecule has 4 rings (SSSR count). The van der Waals surface area contributed by atoms with E-state index in [1.165, 1.54) is 24.0 Å². The molecule has 1 aliphatic carbocycles. The average molecular weight is 349 g/mol. The van der Waals surface area contributed by atoms with Crippen LogP contribution >= 0.6 is 11.8 Å². The van der Waals surface area contributed by atoms with Gasteiger partial charge in [0.2, 0.25) is 5.91 Å². The highest BCUT2D eigenvalue weighted by Gasteiger charge is 2.12. The Hall–Kier alpha value is -2.53. The maximum atomic E-state index is 12.2. The molecule has 1 aliphatic rings. The second kappa shape index (κ2) is 7.15. The molecular weight excluding hydrogens is 330 g/mol. The highest BCUT2D eigenvalue weighted by atomic mass is 32.2. The molecule has 126 valence electrons. The third-order valence-corrected chi connectivity index (χ3v) is 5.31. The van der Waals surface area contributed by atoms with E-state index in [1.54, 1.807) is 16.4 Å². The van der Waals surface area contributed by atoms with Crippen molar-refractivity contribution in [3.63, 3.8) is 0 Å². The lowest BCUT2D eigenvalue weighted by molar-refractivity contribution is -0.113. The molecule has 5 heteroatoms. The Morgan fingerprint density at radius 2 is 1.92 bits per heavy atom. The number of para-hydroxylation sites is 1. The first-order valence-electron chi connectivity index (χ1n) is 8.43. The number of hydrogen-bond donors (Lipinski definition) is 1. The molecule has 3 aromatic rings. The van der Waals surface area contributed by atoms with Crippen LogP contribution in [0.2, 0.25) is 0 Å². The number of carbonyl (C=O) groups excluding carboxylic acids is 1. The molecule has 0 saturated heterocycles. The highest BCUT2D eigenvalue weighted by molar-refractivity contribution is 8.00. The van der Waals surface area contributed by atoms with E-state index in [2.05, 4.69) is 28.6 Å². The lowest BCUT2D eigenvalue weighted by Gasteiger charge is -2.05. The van der Waals surface area contributed by atoms with Crippen molar-refractivity contribution in [2.75, 3.05) is 11.1 Å². The number of anilines is 1. The topological polar surface area (TPSA) is 46.9 Å². The molecule has 0 spiro atoms. The Kier molecular flexibility index (Phi) is 4.57. The summed E-state index contributed by atoms with van der Waals surface area (Å²) in [5, 5.41) is 7.26. The zero-order valence-electron chi connectivity index (χ0n) is 13.8. The monoisotopic (exact) mass is 349 g/mol. The fraction of sp³-hybridized carbons (Fsp3) is 0.200. The fourth-order valence-corrected chi connectivity index (χ4v) is 3.84. The van der Waals surface area contributed by atoms with Crippen LogP contribution in [-0.2, 0) is 17.6 Å². The van der Waals surface area contributed by atoms with Crippen molar-refractivity contribution in [1.82, 2.24) is 9.78 Å². The molecule has 0 atom stereocenters. The van der Waals surface area contributed by atoms with Gasteiger partial charge in [0.1, 0.15) is 0 Å². The Bertz CT molecular complexity index is 889. The summed E-state index contributed by atoms with van der Waals surface area (Å²) in [7, 11) is 0. The minimum Gasteiger partial charge on any atom is -0.308 e. The van der Waals surface area contributed by atoms with Crippen LogP contribution in [0.4, 0.5) is 5.82 Å². The van der Waals surface area contributed by atoms with E-state index in [9.17, 15) is 4.79 Å². The lowest BCUT2D eigenvalue weighted by Crippen LogP contribution is -2.14. The van der Waals surface area contributed by atoms with Gasteiger partial charge >= 0.3 is 0 Å². The quantitative estimate of drug-likeness (QED) is 0.706. The second-order valence-electron chi connectivity index (χ2n) is 6.10. The number of carbonyl (C=O) groups is 1. The van der Waals surface area contributed by atoms with Crippen molar-refractivity contribution in [3.05, 3.63) is 71.9 Å². The minimum absolute atomic E-state index is 0.0381. The van der Waals surface area contributed by atoms with Crippen LogP contribution in [0.3, 0.4) is 0 Å². The number of hydrogen-bond acceptors (Lipinski definition) is 3. The average Bonchev–Trinajstić information content (AvgIpc) is 3.29. The smallest absolute Gasteiger partial charge is 0.235 e. The zero-order valence-corrected chi connectivity index (χ0v) is 14.6. The first-order valence-corrected chi connectivity index (χ1v) is 9.42. The van der Waals surface area contributed by atoms with Crippen molar-refractivity contribution in [2.24, 2.45) is 0 Å². The number of fused-ring (bicyclic) bond motifs is 1. The molecule has 0 fully saturated rings. The number of rotatable bonds is 5. The van der Waals surface area contributed by atoms with E-state index in [1.807, 2.05) is 42.6 Å². The molecule has 0 unspecified atom stereocenters. The predicted molar refractivity (Wildman–Crippen MR) is 101 cm³/mol. The summed E-state index contributed by atoms with van der Waals surface area (Å²) in [5.41, 5.74) is 3.86. The number of amides is 1. The third kappa shape index (κ3) is 3.77. The Morgan fingerprint density at radius 3 is 2.80 bits per heavy atom. The van der Waals surface area contributed by atoms with E-state index in [0.717, 1.165) is 17.0 Å². The molecule has 1 N–H and O–H groups in total. The van der Waals surface area contributed by atoms with Crippen LogP contribution in [0.25, 0.3) is 5.69 Å². The van der Waals surface area contributed by atoms with E-state index in [0.29, 0.717) is 11.6 Å². The SMILES string of the molecule is O=C(CSc1ccc2c(c1)CCC2)Nc1ccn(-c2ccccc2)n1. The van der Waals surface area contributed by atoms with Gasteiger partial charge in [0, 0.05) is 17.2 Å². The Labute approximate surface area is 151 Å². The maximum Gasteiger partial charge on any atom is 0.235 e. The highest BCUT2D eigenvalue weighted by Crippen LogP contribution is 2.27. The van der Waals surface area contributed by atoms with E-state index < -0.39 is 0 Å². The number of aromatic nitrogens is 2. The van der Waals surface area contributed by atoms with Gasteiger partial charge < -0.3 is 5.32 Å². The van der Waals surface area contributed by atoms with Crippen LogP contribution in [0.1, 0.15) is 17.5 Å². The first kappa shape index (κ1) is 16.0. The number of nitrogens with one attached hydrogen (secondary N) is 1. The maximum absolute atomic E-state index is 12.2. The molecule has 1 heterocycles. The molecule has 0 radical (unpaired) electrons. The summed E-state index contributed by atoms with van der Waals surface area (Å²) in [6, 6.07) is 18.2. The van der Waals surface area contributed by atoms with Gasteiger partial charge in [-0.3, -0.25) is 4.79 Å². The summed E-state index contributed by atoms with van der Waals surface area (Å²) < 4.78 is 1.75. The second-order valence-corrected chi connectivity index (χ2v) is 7.15. The summed E-state index contributed by atoms with van der Waals surface area (Å²) in [6.07, 6.45) is 5.43. The van der Waals surface area contributed by atoms with Gasteiger partial charge in [-0.05, 0) is 54.7 Å². The van der Waals surface area contributed by atoms with Gasteiger partial charge in [-0.2, -0.15) is 5.10 Å². The molecule has 0 bridgehead atoms. The van der Waals surface area contributed by atoms with E-state index in [-0.39, 0.29) is 5.91 Å². The molecule has 1 aromatic heterocycles. The van der Waals surface area contributed by atoms with Gasteiger partial charge in [-0.1, -0.05) is 24.3 Å². The van der Waals surface area contributed by atoms with Gasteiger partial charge in [0.25, 0.3) is 0 Å². The molecular formula is C20H19N3OS.